The lowest BCUT2D eigenvalue weighted by Crippen LogP contribution is -2.38. The van der Waals surface area contributed by atoms with Crippen LogP contribution in [0, 0.1) is 0 Å². The van der Waals surface area contributed by atoms with Crippen molar-refractivity contribution in [2.75, 3.05) is 23.4 Å². The topological polar surface area (TPSA) is 88.8 Å². The number of hydrogen-bond donors (Lipinski definition) is 1. The summed E-state index contributed by atoms with van der Waals surface area (Å²) in [7, 11) is 0. The van der Waals surface area contributed by atoms with Gasteiger partial charge in [-0.1, -0.05) is 24.3 Å². The number of nitrogens with zero attached hydrogens (tertiary/aromatic N) is 4. The van der Waals surface area contributed by atoms with Crippen LogP contribution >= 0.6 is 0 Å². The Bertz CT molecular complexity index is 1250. The molecule has 160 valence electrons. The minimum atomic E-state index is -0.204. The zero-order chi connectivity index (χ0) is 21.9. The molecule has 0 radical (unpaired) electrons. The molecule has 2 aromatic carbocycles. The number of anilines is 2. The summed E-state index contributed by atoms with van der Waals surface area (Å²) in [5, 5.41) is 2.85. The number of para-hydroxylation sites is 2. The van der Waals surface area contributed by atoms with E-state index in [1.54, 1.807) is 11.1 Å². The first-order valence-electron chi connectivity index (χ1n) is 10.4. The molecule has 0 bridgehead atoms. The lowest BCUT2D eigenvalue weighted by Gasteiger charge is -2.29. The van der Waals surface area contributed by atoms with Gasteiger partial charge in [-0.15, -0.1) is 0 Å². The third kappa shape index (κ3) is 4.02. The maximum Gasteiger partial charge on any atom is 0.234 e. The van der Waals surface area contributed by atoms with Crippen LogP contribution < -0.4 is 15.0 Å². The van der Waals surface area contributed by atoms with Crippen LogP contribution in [0.1, 0.15) is 12.8 Å². The van der Waals surface area contributed by atoms with Gasteiger partial charge in [0.05, 0.1) is 17.9 Å². The number of carbonyl (C=O) groups is 2. The van der Waals surface area contributed by atoms with Gasteiger partial charge in [0.25, 0.3) is 0 Å². The summed E-state index contributed by atoms with van der Waals surface area (Å²) < 4.78 is 7.44. The Balaban J connectivity index is 1.18. The van der Waals surface area contributed by atoms with Gasteiger partial charge in [0.15, 0.2) is 0 Å². The highest BCUT2D eigenvalue weighted by Gasteiger charge is 2.23. The molecule has 0 spiro atoms. The first-order valence-corrected chi connectivity index (χ1v) is 10.4. The van der Waals surface area contributed by atoms with Crippen LogP contribution in [0.2, 0.25) is 0 Å². The SMILES string of the molecule is O=C(CCC(=O)N1CCOc2ccccc21)Nc1ccc(-c2cn3cccnc3n2)cc1. The Labute approximate surface area is 184 Å². The van der Waals surface area contributed by atoms with Crippen LogP contribution in [0.25, 0.3) is 17.0 Å². The molecule has 3 heterocycles. The van der Waals surface area contributed by atoms with E-state index < -0.39 is 0 Å². The van der Waals surface area contributed by atoms with Crippen LogP contribution in [0.3, 0.4) is 0 Å². The van der Waals surface area contributed by atoms with E-state index in [0.717, 1.165) is 16.9 Å². The number of benzene rings is 2. The molecule has 0 saturated heterocycles. The van der Waals surface area contributed by atoms with Gasteiger partial charge in [0.2, 0.25) is 17.6 Å². The van der Waals surface area contributed by atoms with Crippen molar-refractivity contribution in [1.82, 2.24) is 14.4 Å². The van der Waals surface area contributed by atoms with Crippen molar-refractivity contribution in [1.29, 1.82) is 0 Å². The van der Waals surface area contributed by atoms with E-state index in [4.69, 9.17) is 4.74 Å². The summed E-state index contributed by atoms with van der Waals surface area (Å²) in [6.07, 6.45) is 5.74. The molecule has 0 unspecified atom stereocenters. The van der Waals surface area contributed by atoms with Gasteiger partial charge in [-0.3, -0.25) is 14.0 Å². The standard InChI is InChI=1S/C24H21N5O3/c30-22(10-11-23(31)29-14-15-32-21-5-2-1-4-20(21)29)26-18-8-6-17(7-9-18)19-16-28-13-3-12-25-24(28)27-19/h1-9,12-13,16H,10-11,14-15H2,(H,26,30). The van der Waals surface area contributed by atoms with Gasteiger partial charge in [0.1, 0.15) is 12.4 Å². The molecule has 2 aromatic heterocycles. The average molecular weight is 427 g/mol. The van der Waals surface area contributed by atoms with Crippen molar-refractivity contribution in [3.8, 4) is 17.0 Å². The van der Waals surface area contributed by atoms with Crippen LogP contribution in [0.4, 0.5) is 11.4 Å². The monoisotopic (exact) mass is 427 g/mol. The highest BCUT2D eigenvalue weighted by molar-refractivity contribution is 5.99. The van der Waals surface area contributed by atoms with E-state index in [9.17, 15) is 9.59 Å². The number of ether oxygens (including phenoxy) is 1. The Morgan fingerprint density at radius 1 is 1.03 bits per heavy atom. The molecule has 1 N–H and O–H groups in total. The number of aromatic nitrogens is 3. The quantitative estimate of drug-likeness (QED) is 0.526. The predicted molar refractivity (Wildman–Crippen MR) is 121 cm³/mol. The van der Waals surface area contributed by atoms with Crippen molar-refractivity contribution < 1.29 is 14.3 Å². The van der Waals surface area contributed by atoms with E-state index in [-0.39, 0.29) is 24.7 Å². The third-order valence-electron chi connectivity index (χ3n) is 5.30. The highest BCUT2D eigenvalue weighted by atomic mass is 16.5. The second-order valence-electron chi connectivity index (χ2n) is 7.44. The predicted octanol–water partition coefficient (Wildman–Crippen LogP) is 3.54. The van der Waals surface area contributed by atoms with E-state index in [1.165, 1.54) is 0 Å². The second kappa shape index (κ2) is 8.50. The fourth-order valence-electron chi connectivity index (χ4n) is 3.70. The third-order valence-corrected chi connectivity index (χ3v) is 5.30. The van der Waals surface area contributed by atoms with E-state index in [1.807, 2.05) is 71.4 Å². The molecule has 0 saturated carbocycles. The van der Waals surface area contributed by atoms with Crippen molar-refractivity contribution in [3.05, 3.63) is 73.2 Å². The fraction of sp³-hybridized carbons (Fsp3) is 0.167. The van der Waals surface area contributed by atoms with Crippen molar-refractivity contribution in [3.63, 3.8) is 0 Å². The van der Waals surface area contributed by atoms with E-state index >= 15 is 0 Å². The average Bonchev–Trinajstić information content (AvgIpc) is 3.27. The summed E-state index contributed by atoms with van der Waals surface area (Å²) in [6.45, 7) is 0.932. The van der Waals surface area contributed by atoms with Crippen molar-refractivity contribution in [2.24, 2.45) is 0 Å². The number of amides is 2. The Hall–Kier alpha value is -4.20. The normalized spacial score (nSPS) is 12.8. The number of imidazole rings is 1. The molecule has 4 aromatic rings. The summed E-state index contributed by atoms with van der Waals surface area (Å²) in [4.78, 5) is 35.5. The Morgan fingerprint density at radius 2 is 1.88 bits per heavy atom. The van der Waals surface area contributed by atoms with Crippen molar-refractivity contribution >= 4 is 29.0 Å². The van der Waals surface area contributed by atoms with Crippen LogP contribution in [-0.4, -0.2) is 39.3 Å². The molecule has 1 aliphatic heterocycles. The Morgan fingerprint density at radius 3 is 2.72 bits per heavy atom. The molecule has 0 aliphatic carbocycles. The van der Waals surface area contributed by atoms with E-state index in [0.29, 0.717) is 30.4 Å². The lowest BCUT2D eigenvalue weighted by atomic mass is 10.1. The summed E-state index contributed by atoms with van der Waals surface area (Å²) >= 11 is 0. The molecule has 0 atom stereocenters. The maximum absolute atomic E-state index is 12.7. The number of carbonyl (C=O) groups excluding carboxylic acids is 2. The second-order valence-corrected chi connectivity index (χ2v) is 7.44. The summed E-state index contributed by atoms with van der Waals surface area (Å²) in [5.74, 6) is 1.03. The molecule has 32 heavy (non-hydrogen) atoms. The van der Waals surface area contributed by atoms with Crippen LogP contribution in [0.15, 0.2) is 73.2 Å². The lowest BCUT2D eigenvalue weighted by molar-refractivity contribution is -0.122. The molecular weight excluding hydrogens is 406 g/mol. The van der Waals surface area contributed by atoms with E-state index in [2.05, 4.69) is 15.3 Å². The number of fused-ring (bicyclic) bond motifs is 2. The number of nitrogens with one attached hydrogen (secondary N) is 1. The first kappa shape index (κ1) is 19.7. The molecule has 1 aliphatic rings. The Kier molecular flexibility index (Phi) is 5.25. The fourth-order valence-corrected chi connectivity index (χ4v) is 3.70. The molecule has 8 heteroatoms. The largest absolute Gasteiger partial charge is 0.490 e. The number of rotatable bonds is 5. The van der Waals surface area contributed by atoms with Crippen molar-refractivity contribution in [2.45, 2.75) is 12.8 Å². The smallest absolute Gasteiger partial charge is 0.234 e. The first-order chi connectivity index (χ1) is 15.7. The van der Waals surface area contributed by atoms with Gasteiger partial charge in [-0.05, 0) is 30.3 Å². The zero-order valence-electron chi connectivity index (χ0n) is 17.3. The van der Waals surface area contributed by atoms with Gasteiger partial charge in [-0.2, -0.15) is 0 Å². The molecule has 0 fully saturated rings. The zero-order valence-corrected chi connectivity index (χ0v) is 17.3. The van der Waals surface area contributed by atoms with Gasteiger partial charge in [0, 0.05) is 42.7 Å². The van der Waals surface area contributed by atoms with Gasteiger partial charge >= 0.3 is 0 Å². The maximum atomic E-state index is 12.7. The minimum absolute atomic E-state index is 0.0910. The van der Waals surface area contributed by atoms with Gasteiger partial charge < -0.3 is 15.0 Å². The summed E-state index contributed by atoms with van der Waals surface area (Å²) in [6, 6.07) is 16.7. The molecular formula is C24H21N5O3. The molecule has 5 rings (SSSR count). The minimum Gasteiger partial charge on any atom is -0.490 e. The molecule has 8 nitrogen and oxygen atoms in total. The van der Waals surface area contributed by atoms with Gasteiger partial charge in [-0.25, -0.2) is 9.97 Å². The highest BCUT2D eigenvalue weighted by Crippen LogP contribution is 2.31. The summed E-state index contributed by atoms with van der Waals surface area (Å²) in [5.41, 5.74) is 3.15. The van der Waals surface area contributed by atoms with Crippen LogP contribution in [-0.2, 0) is 9.59 Å². The van der Waals surface area contributed by atoms with Crippen LogP contribution in [0.5, 0.6) is 5.75 Å². The number of hydrogen-bond acceptors (Lipinski definition) is 5. The molecule has 2 amide bonds.